The van der Waals surface area contributed by atoms with Crippen LogP contribution in [0.25, 0.3) is 11.1 Å². The fraction of sp³-hybridized carbons (Fsp3) is 0.0714. The molecule has 2 rings (SSSR count). The first-order valence-corrected chi connectivity index (χ1v) is 5.22. The van der Waals surface area contributed by atoms with Crippen LogP contribution >= 0.6 is 0 Å². The largest absolute Gasteiger partial charge is 0.508 e. The molecule has 0 saturated heterocycles. The van der Waals surface area contributed by atoms with E-state index in [9.17, 15) is 9.90 Å². The second-order valence-electron chi connectivity index (χ2n) is 3.85. The van der Waals surface area contributed by atoms with Crippen LogP contribution in [0.5, 0.6) is 5.75 Å². The van der Waals surface area contributed by atoms with Crippen LogP contribution in [-0.4, -0.2) is 16.2 Å². The average molecular weight is 228 g/mol. The molecule has 0 atom stereocenters. The Morgan fingerprint density at radius 2 is 1.76 bits per heavy atom. The quantitative estimate of drug-likeness (QED) is 0.830. The number of phenols is 1. The van der Waals surface area contributed by atoms with Gasteiger partial charge in [-0.1, -0.05) is 24.3 Å². The summed E-state index contributed by atoms with van der Waals surface area (Å²) < 4.78 is 0. The monoisotopic (exact) mass is 228 g/mol. The van der Waals surface area contributed by atoms with Crippen LogP contribution in [0.3, 0.4) is 0 Å². The van der Waals surface area contributed by atoms with Crippen LogP contribution in [0.1, 0.15) is 15.9 Å². The van der Waals surface area contributed by atoms with Gasteiger partial charge in [0.15, 0.2) is 0 Å². The molecule has 0 fully saturated rings. The number of hydrogen-bond acceptors (Lipinski definition) is 2. The third-order valence-electron chi connectivity index (χ3n) is 2.67. The summed E-state index contributed by atoms with van der Waals surface area (Å²) in [6, 6.07) is 11.7. The van der Waals surface area contributed by atoms with E-state index in [0.29, 0.717) is 5.56 Å². The summed E-state index contributed by atoms with van der Waals surface area (Å²) in [5.41, 5.74) is 2.52. The number of aromatic carboxylic acids is 1. The maximum atomic E-state index is 11.1. The van der Waals surface area contributed by atoms with Gasteiger partial charge in [0.25, 0.3) is 0 Å². The van der Waals surface area contributed by atoms with Crippen LogP contribution in [0.4, 0.5) is 0 Å². The van der Waals surface area contributed by atoms with E-state index in [1.807, 2.05) is 6.92 Å². The Morgan fingerprint density at radius 3 is 2.47 bits per heavy atom. The third kappa shape index (κ3) is 2.13. The Kier molecular flexibility index (Phi) is 2.83. The number of carboxylic acid groups (broad SMARTS) is 1. The summed E-state index contributed by atoms with van der Waals surface area (Å²) in [7, 11) is 0. The van der Waals surface area contributed by atoms with E-state index in [2.05, 4.69) is 0 Å². The van der Waals surface area contributed by atoms with Crippen molar-refractivity contribution in [2.45, 2.75) is 6.92 Å². The number of rotatable bonds is 2. The highest BCUT2D eigenvalue weighted by Gasteiger charge is 2.12. The molecule has 3 nitrogen and oxygen atoms in total. The molecule has 0 unspecified atom stereocenters. The van der Waals surface area contributed by atoms with Crippen molar-refractivity contribution in [3.63, 3.8) is 0 Å². The summed E-state index contributed by atoms with van der Waals surface area (Å²) in [6.07, 6.45) is 0. The minimum Gasteiger partial charge on any atom is -0.508 e. The molecule has 0 saturated carbocycles. The van der Waals surface area contributed by atoms with Gasteiger partial charge in [0.05, 0.1) is 5.56 Å². The lowest BCUT2D eigenvalue weighted by Gasteiger charge is -2.09. The molecule has 0 aliphatic rings. The molecule has 0 aliphatic carbocycles. The normalized spacial score (nSPS) is 10.2. The first-order valence-electron chi connectivity index (χ1n) is 5.22. The van der Waals surface area contributed by atoms with E-state index in [1.165, 1.54) is 0 Å². The van der Waals surface area contributed by atoms with Crippen molar-refractivity contribution in [3.8, 4) is 16.9 Å². The fourth-order valence-electron chi connectivity index (χ4n) is 1.80. The molecule has 0 amide bonds. The molecular formula is C14H12O3. The zero-order valence-corrected chi connectivity index (χ0v) is 9.34. The lowest BCUT2D eigenvalue weighted by atomic mass is 9.96. The zero-order chi connectivity index (χ0) is 12.4. The van der Waals surface area contributed by atoms with Crippen molar-refractivity contribution in [2.24, 2.45) is 0 Å². The maximum absolute atomic E-state index is 11.1. The molecule has 0 spiro atoms. The van der Waals surface area contributed by atoms with Gasteiger partial charge in [-0.25, -0.2) is 4.79 Å². The van der Waals surface area contributed by atoms with Gasteiger partial charge in [-0.2, -0.15) is 0 Å². The molecule has 0 radical (unpaired) electrons. The van der Waals surface area contributed by atoms with E-state index < -0.39 is 5.97 Å². The number of carbonyl (C=O) groups is 1. The molecule has 0 bridgehead atoms. The molecule has 86 valence electrons. The highest BCUT2D eigenvalue weighted by molar-refractivity contribution is 5.96. The standard InChI is InChI=1S/C14H12O3/c1-9-6-7-10(15)8-13(9)11-4-2-3-5-12(11)14(16)17/h2-8,15H,1H3,(H,16,17). The van der Waals surface area contributed by atoms with Gasteiger partial charge in [0.1, 0.15) is 5.75 Å². The minimum atomic E-state index is -0.969. The van der Waals surface area contributed by atoms with Crippen molar-refractivity contribution in [1.29, 1.82) is 0 Å². The van der Waals surface area contributed by atoms with Gasteiger partial charge in [-0.3, -0.25) is 0 Å². The highest BCUT2D eigenvalue weighted by atomic mass is 16.4. The molecule has 2 N–H and O–H groups in total. The Bertz CT molecular complexity index is 573. The van der Waals surface area contributed by atoms with Crippen LogP contribution in [0, 0.1) is 6.92 Å². The Balaban J connectivity index is 2.68. The van der Waals surface area contributed by atoms with Crippen LogP contribution in [0.15, 0.2) is 42.5 Å². The van der Waals surface area contributed by atoms with E-state index in [-0.39, 0.29) is 11.3 Å². The number of benzene rings is 2. The van der Waals surface area contributed by atoms with Gasteiger partial charge in [-0.05, 0) is 41.8 Å². The predicted octanol–water partition coefficient (Wildman–Crippen LogP) is 3.07. The number of aromatic hydroxyl groups is 1. The molecule has 3 heteroatoms. The van der Waals surface area contributed by atoms with E-state index in [1.54, 1.807) is 42.5 Å². The molecular weight excluding hydrogens is 216 g/mol. The van der Waals surface area contributed by atoms with Crippen LogP contribution in [-0.2, 0) is 0 Å². The first-order chi connectivity index (χ1) is 8.09. The van der Waals surface area contributed by atoms with E-state index >= 15 is 0 Å². The predicted molar refractivity (Wildman–Crippen MR) is 65.2 cm³/mol. The summed E-state index contributed by atoms with van der Waals surface area (Å²) >= 11 is 0. The number of aryl methyl sites for hydroxylation is 1. The number of phenolic OH excluding ortho intramolecular Hbond substituents is 1. The van der Waals surface area contributed by atoms with Gasteiger partial charge in [0.2, 0.25) is 0 Å². The average Bonchev–Trinajstić information content (AvgIpc) is 2.32. The van der Waals surface area contributed by atoms with Crippen molar-refractivity contribution in [2.75, 3.05) is 0 Å². The fourth-order valence-corrected chi connectivity index (χ4v) is 1.80. The van der Waals surface area contributed by atoms with Gasteiger partial charge in [-0.15, -0.1) is 0 Å². The second-order valence-corrected chi connectivity index (χ2v) is 3.85. The SMILES string of the molecule is Cc1ccc(O)cc1-c1ccccc1C(=O)O. The second kappa shape index (κ2) is 4.29. The Hall–Kier alpha value is -2.29. The van der Waals surface area contributed by atoms with Crippen LogP contribution < -0.4 is 0 Å². The van der Waals surface area contributed by atoms with Crippen molar-refractivity contribution in [3.05, 3.63) is 53.6 Å². The highest BCUT2D eigenvalue weighted by Crippen LogP contribution is 2.29. The van der Waals surface area contributed by atoms with Crippen molar-refractivity contribution >= 4 is 5.97 Å². The number of hydrogen-bond donors (Lipinski definition) is 2. The molecule has 0 aliphatic heterocycles. The van der Waals surface area contributed by atoms with E-state index in [0.717, 1.165) is 11.1 Å². The molecule has 0 heterocycles. The minimum absolute atomic E-state index is 0.130. The summed E-state index contributed by atoms with van der Waals surface area (Å²) in [4.78, 5) is 11.1. The first kappa shape index (κ1) is 11.2. The summed E-state index contributed by atoms with van der Waals surface area (Å²) in [5, 5.41) is 18.6. The molecule has 2 aromatic carbocycles. The van der Waals surface area contributed by atoms with Crippen molar-refractivity contribution in [1.82, 2.24) is 0 Å². The Morgan fingerprint density at radius 1 is 1.06 bits per heavy atom. The molecule has 2 aromatic rings. The maximum Gasteiger partial charge on any atom is 0.336 e. The lowest BCUT2D eigenvalue weighted by Crippen LogP contribution is -1.99. The third-order valence-corrected chi connectivity index (χ3v) is 2.67. The van der Waals surface area contributed by atoms with Gasteiger partial charge < -0.3 is 10.2 Å². The smallest absolute Gasteiger partial charge is 0.336 e. The van der Waals surface area contributed by atoms with E-state index in [4.69, 9.17) is 5.11 Å². The molecule has 17 heavy (non-hydrogen) atoms. The van der Waals surface area contributed by atoms with Crippen LogP contribution in [0.2, 0.25) is 0 Å². The molecule has 0 aromatic heterocycles. The van der Waals surface area contributed by atoms with Crippen molar-refractivity contribution < 1.29 is 15.0 Å². The van der Waals surface area contributed by atoms with Gasteiger partial charge >= 0.3 is 5.97 Å². The lowest BCUT2D eigenvalue weighted by molar-refractivity contribution is 0.0697. The zero-order valence-electron chi connectivity index (χ0n) is 9.34. The topological polar surface area (TPSA) is 57.5 Å². The van der Waals surface area contributed by atoms with Gasteiger partial charge in [0, 0.05) is 0 Å². The summed E-state index contributed by atoms with van der Waals surface area (Å²) in [6.45, 7) is 1.88. The number of carboxylic acids is 1. The summed E-state index contributed by atoms with van der Waals surface area (Å²) in [5.74, 6) is -0.839. The Labute approximate surface area is 99.0 Å².